The van der Waals surface area contributed by atoms with Crippen molar-refractivity contribution in [3.8, 4) is 0 Å². The second kappa shape index (κ2) is 4.90. The molecule has 1 rings (SSSR count). The summed E-state index contributed by atoms with van der Waals surface area (Å²) in [5.41, 5.74) is -0.538. The molecule has 1 N–H and O–H groups in total. The molecule has 2 unspecified atom stereocenters. The van der Waals surface area contributed by atoms with Gasteiger partial charge in [-0.3, -0.25) is 0 Å². The van der Waals surface area contributed by atoms with Gasteiger partial charge in [0.15, 0.2) is 0 Å². The molecule has 0 aromatic rings. The summed E-state index contributed by atoms with van der Waals surface area (Å²) in [6.07, 6.45) is -0.285. The van der Waals surface area contributed by atoms with Crippen molar-refractivity contribution in [2.24, 2.45) is 10.8 Å². The van der Waals surface area contributed by atoms with E-state index < -0.39 is 30.9 Å². The van der Waals surface area contributed by atoms with Crippen molar-refractivity contribution in [3.63, 3.8) is 0 Å². The molecule has 96 valence electrons. The first-order valence-electron chi connectivity index (χ1n) is 5.72. The van der Waals surface area contributed by atoms with Gasteiger partial charge in [-0.25, -0.2) is 0 Å². The van der Waals surface area contributed by atoms with Gasteiger partial charge in [-0.2, -0.15) is 0 Å². The van der Waals surface area contributed by atoms with Gasteiger partial charge in [0.1, 0.15) is 0 Å². The number of hydrogen-bond acceptors (Lipinski definition) is 2. The molecule has 0 saturated carbocycles. The number of hydrogen-bond donors (Lipinski definition) is 1. The van der Waals surface area contributed by atoms with Crippen LogP contribution in [0.25, 0.3) is 0 Å². The molecular weight excluding hydrogens is 447 g/mol. The van der Waals surface area contributed by atoms with Crippen LogP contribution < -0.4 is 0 Å². The Bertz CT molecular complexity index is 393. The van der Waals surface area contributed by atoms with Crippen molar-refractivity contribution >= 4 is 15.8 Å². The van der Waals surface area contributed by atoms with Crippen molar-refractivity contribution in [1.82, 2.24) is 0 Å². The zero-order valence-corrected chi connectivity index (χ0v) is 18.5. The average molecular weight is 467 g/mol. The predicted molar refractivity (Wildman–Crippen MR) is 66.5 cm³/mol. The van der Waals surface area contributed by atoms with Crippen LogP contribution in [-0.2, 0) is 32.4 Å². The van der Waals surface area contributed by atoms with Crippen molar-refractivity contribution < 1.29 is 37.3 Å². The van der Waals surface area contributed by atoms with E-state index in [9.17, 15) is 9.46 Å². The molecule has 1 heterocycles. The summed E-state index contributed by atoms with van der Waals surface area (Å²) in [7, 11) is 2.54. The van der Waals surface area contributed by atoms with Gasteiger partial charge in [0.05, 0.1) is 0 Å². The minimum absolute atomic E-state index is 0.185. The monoisotopic (exact) mass is 468 g/mol. The first kappa shape index (κ1) is 16.2. The summed E-state index contributed by atoms with van der Waals surface area (Å²) in [6.45, 7) is 11.9. The third-order valence-electron chi connectivity index (χ3n) is 2.79. The van der Waals surface area contributed by atoms with Gasteiger partial charge in [0.2, 0.25) is 0 Å². The first-order valence-corrected chi connectivity index (χ1v) is 16.8. The molecule has 0 saturated heterocycles. The fourth-order valence-corrected chi connectivity index (χ4v) is 17.0. The van der Waals surface area contributed by atoms with E-state index in [0.29, 0.717) is 5.31 Å². The van der Waals surface area contributed by atoms with Gasteiger partial charge in [-0.15, -0.1) is 0 Å². The van der Waals surface area contributed by atoms with Crippen LogP contribution >= 0.6 is 15.8 Å². The number of allylic oxidation sites excluding steroid dienone is 1. The summed E-state index contributed by atoms with van der Waals surface area (Å²) in [6, 6.07) is 0. The second-order valence-corrected chi connectivity index (χ2v) is 14.7. The topological polar surface area (TPSA) is 46.5 Å². The average Bonchev–Trinajstić information content (AvgIpc) is 2.34. The maximum atomic E-state index is 12.3. The van der Waals surface area contributed by atoms with Crippen LogP contribution in [0.1, 0.15) is 41.5 Å². The normalized spacial score (nSPS) is 30.7. The summed E-state index contributed by atoms with van der Waals surface area (Å²) in [5.74, 6) is 0. The standard InChI is InChI=1S/C11H20O3P.ClH.Hg/c1-10(2,3)8-7-9(11(4,5)6)15(12,13)14-8;;/h8H,1-6H3,(H,12,13);1H;/q;;+1/p-1. The van der Waals surface area contributed by atoms with Crippen LogP contribution in [0, 0.1) is 10.8 Å². The molecular formula is C11H20ClHgO3P. The van der Waals surface area contributed by atoms with Crippen LogP contribution in [0.5, 0.6) is 0 Å². The first-order chi connectivity index (χ1) is 7.41. The van der Waals surface area contributed by atoms with E-state index in [4.69, 9.17) is 12.8 Å². The van der Waals surface area contributed by atoms with Crippen molar-refractivity contribution in [1.29, 1.82) is 0 Å². The van der Waals surface area contributed by atoms with E-state index in [2.05, 4.69) is 0 Å². The molecule has 0 amide bonds. The molecule has 2 atom stereocenters. The minimum atomic E-state index is -3.65. The second-order valence-electron chi connectivity index (χ2n) is 6.63. The van der Waals surface area contributed by atoms with Gasteiger partial charge in [0, 0.05) is 0 Å². The van der Waals surface area contributed by atoms with Crippen molar-refractivity contribution in [2.45, 2.75) is 47.6 Å². The Labute approximate surface area is 119 Å². The van der Waals surface area contributed by atoms with E-state index in [1.54, 1.807) is 0 Å². The molecule has 6 heteroatoms. The molecule has 0 aromatic heterocycles. The zero-order chi connectivity index (χ0) is 13.6. The molecule has 0 fully saturated rings. The fourth-order valence-electron chi connectivity index (χ4n) is 2.28. The third kappa shape index (κ3) is 3.36. The van der Waals surface area contributed by atoms with Crippen LogP contribution in [0.15, 0.2) is 8.40 Å². The van der Waals surface area contributed by atoms with E-state index in [1.807, 2.05) is 41.5 Å². The molecule has 0 bridgehead atoms. The summed E-state index contributed by atoms with van der Waals surface area (Å²) >= 11 is -1.80. The molecule has 1 aliphatic heterocycles. The fraction of sp³-hybridized carbons (Fsp3) is 0.818. The quantitative estimate of drug-likeness (QED) is 0.467. The molecule has 0 aliphatic carbocycles. The van der Waals surface area contributed by atoms with Crippen LogP contribution in [0.4, 0.5) is 0 Å². The van der Waals surface area contributed by atoms with Crippen LogP contribution in [0.3, 0.4) is 0 Å². The number of halogens is 1. The predicted octanol–water partition coefficient (Wildman–Crippen LogP) is 4.11. The summed E-state index contributed by atoms with van der Waals surface area (Å²) in [4.78, 5) is 10.1. The van der Waals surface area contributed by atoms with Crippen LogP contribution in [-0.4, -0.2) is 11.0 Å². The molecule has 0 aromatic carbocycles. The Hall–Kier alpha value is 1.12. The summed E-state index contributed by atoms with van der Waals surface area (Å²) < 4.78 is 18.7. The van der Waals surface area contributed by atoms with Crippen LogP contribution in [0.2, 0.25) is 0 Å². The van der Waals surface area contributed by atoms with Gasteiger partial charge < -0.3 is 0 Å². The van der Waals surface area contributed by atoms with E-state index in [1.165, 1.54) is 0 Å². The van der Waals surface area contributed by atoms with Crippen molar-refractivity contribution in [3.05, 3.63) is 8.40 Å². The Morgan fingerprint density at radius 3 is 2.06 bits per heavy atom. The van der Waals surface area contributed by atoms with E-state index in [0.717, 1.165) is 3.08 Å². The van der Waals surface area contributed by atoms with E-state index >= 15 is 0 Å². The van der Waals surface area contributed by atoms with Gasteiger partial charge >= 0.3 is 120 Å². The Morgan fingerprint density at radius 1 is 1.29 bits per heavy atom. The molecule has 0 spiro atoms. The summed E-state index contributed by atoms with van der Waals surface area (Å²) in [5, 5.41) is 0.585. The van der Waals surface area contributed by atoms with Gasteiger partial charge in [-0.05, 0) is 0 Å². The van der Waals surface area contributed by atoms with Gasteiger partial charge in [0.25, 0.3) is 0 Å². The van der Waals surface area contributed by atoms with E-state index in [-0.39, 0.29) is 16.9 Å². The molecule has 1 aliphatic rings. The third-order valence-corrected chi connectivity index (χ3v) is 12.4. The molecule has 0 radical (unpaired) electrons. The maximum absolute atomic E-state index is 12.3. The molecule has 17 heavy (non-hydrogen) atoms. The van der Waals surface area contributed by atoms with Crippen molar-refractivity contribution in [2.75, 3.05) is 0 Å². The SMILES string of the molecule is CC(C)(C)C1=[C]([Hg][Cl])C(C(C)(C)C)OP1(=O)O. The zero-order valence-electron chi connectivity index (χ0n) is 11.4. The molecule has 3 nitrogen and oxygen atoms in total. The van der Waals surface area contributed by atoms with Gasteiger partial charge in [-0.1, -0.05) is 0 Å². The Kier molecular flexibility index (Phi) is 4.66. The Balaban J connectivity index is 3.40. The Morgan fingerprint density at radius 2 is 1.76 bits per heavy atom. The number of rotatable bonds is 1.